The van der Waals surface area contributed by atoms with Crippen LogP contribution in [0.15, 0.2) is 18.2 Å². The third kappa shape index (κ3) is 5.39. The number of hydrogen-bond donors (Lipinski definition) is 3. The molecule has 0 aromatic heterocycles. The molecule has 1 aromatic rings. The van der Waals surface area contributed by atoms with Crippen LogP contribution in [0.4, 0.5) is 14.9 Å². The van der Waals surface area contributed by atoms with Crippen LogP contribution >= 0.6 is 0 Å². The van der Waals surface area contributed by atoms with Gasteiger partial charge in [0.2, 0.25) is 0 Å². The number of urea groups is 1. The molecule has 1 atom stereocenters. The topological polar surface area (TPSA) is 87.7 Å². The fraction of sp³-hybridized carbons (Fsp3) is 0.429. The van der Waals surface area contributed by atoms with Gasteiger partial charge < -0.3 is 20.5 Å². The largest absolute Gasteiger partial charge is 0.478 e. The average Bonchev–Trinajstić information content (AvgIpc) is 2.38. The monoisotopic (exact) mass is 298 g/mol. The second kappa shape index (κ2) is 8.21. The summed E-state index contributed by atoms with van der Waals surface area (Å²) >= 11 is 0. The van der Waals surface area contributed by atoms with Gasteiger partial charge in [-0.15, -0.1) is 0 Å². The number of carboxylic acid groups (broad SMARTS) is 1. The van der Waals surface area contributed by atoms with E-state index in [0.717, 1.165) is 25.0 Å². The number of hydrogen-bond acceptors (Lipinski definition) is 3. The maximum atomic E-state index is 13.5. The van der Waals surface area contributed by atoms with Gasteiger partial charge >= 0.3 is 12.0 Å². The number of aromatic carboxylic acids is 1. The zero-order valence-electron chi connectivity index (χ0n) is 12.0. The quantitative estimate of drug-likeness (QED) is 0.721. The van der Waals surface area contributed by atoms with Gasteiger partial charge in [0.05, 0.1) is 18.2 Å². The van der Waals surface area contributed by atoms with Crippen LogP contribution < -0.4 is 10.6 Å². The number of carbonyl (C=O) groups is 2. The molecule has 0 fully saturated rings. The summed E-state index contributed by atoms with van der Waals surface area (Å²) in [6.45, 7) is 2.37. The Morgan fingerprint density at radius 1 is 1.43 bits per heavy atom. The average molecular weight is 298 g/mol. The molecule has 0 saturated carbocycles. The lowest BCUT2D eigenvalue weighted by Crippen LogP contribution is -2.40. The molecule has 1 unspecified atom stereocenters. The van der Waals surface area contributed by atoms with Gasteiger partial charge in [-0.2, -0.15) is 0 Å². The predicted octanol–water partition coefficient (Wildman–Crippen LogP) is 2.46. The van der Waals surface area contributed by atoms with E-state index in [1.807, 2.05) is 6.92 Å². The van der Waals surface area contributed by atoms with Gasteiger partial charge in [0.1, 0.15) is 5.82 Å². The summed E-state index contributed by atoms with van der Waals surface area (Å²) in [7, 11) is 1.54. The molecule has 3 N–H and O–H groups in total. The van der Waals surface area contributed by atoms with Crippen molar-refractivity contribution in [2.24, 2.45) is 0 Å². The first-order valence-electron chi connectivity index (χ1n) is 6.57. The van der Waals surface area contributed by atoms with E-state index in [1.165, 1.54) is 6.07 Å². The molecule has 0 aliphatic heterocycles. The number of rotatable bonds is 7. The lowest BCUT2D eigenvalue weighted by atomic mass is 10.2. The maximum Gasteiger partial charge on any atom is 0.338 e. The highest BCUT2D eigenvalue weighted by Gasteiger charge is 2.14. The second-order valence-corrected chi connectivity index (χ2v) is 4.54. The first-order valence-corrected chi connectivity index (χ1v) is 6.57. The Morgan fingerprint density at radius 3 is 2.67 bits per heavy atom. The van der Waals surface area contributed by atoms with Crippen molar-refractivity contribution in [2.45, 2.75) is 25.8 Å². The lowest BCUT2D eigenvalue weighted by molar-refractivity contribution is 0.0692. The van der Waals surface area contributed by atoms with E-state index in [4.69, 9.17) is 9.84 Å². The molecule has 116 valence electrons. The number of methoxy groups -OCH3 is 1. The van der Waals surface area contributed by atoms with Crippen LogP contribution in [-0.2, 0) is 4.74 Å². The lowest BCUT2D eigenvalue weighted by Gasteiger charge is -2.17. The number of ether oxygens (including phenoxy) is 1. The summed E-state index contributed by atoms with van der Waals surface area (Å²) in [5.74, 6) is -2.26. The van der Waals surface area contributed by atoms with Crippen LogP contribution in [0.5, 0.6) is 0 Å². The molecule has 0 aliphatic carbocycles. The van der Waals surface area contributed by atoms with E-state index in [-0.39, 0.29) is 11.7 Å². The molecular weight excluding hydrogens is 279 g/mol. The minimum atomic E-state index is -1.35. The van der Waals surface area contributed by atoms with E-state index in [2.05, 4.69) is 10.6 Å². The van der Waals surface area contributed by atoms with Crippen LogP contribution in [0.1, 0.15) is 30.1 Å². The molecule has 1 aromatic carbocycles. The van der Waals surface area contributed by atoms with Crippen molar-refractivity contribution in [2.75, 3.05) is 19.0 Å². The number of anilines is 1. The number of carbonyl (C=O) groups excluding carboxylic acids is 1. The first kappa shape index (κ1) is 16.9. The molecule has 0 aliphatic rings. The minimum Gasteiger partial charge on any atom is -0.478 e. The number of amides is 2. The Labute approximate surface area is 122 Å². The van der Waals surface area contributed by atoms with Gasteiger partial charge in [0.25, 0.3) is 0 Å². The van der Waals surface area contributed by atoms with Crippen LogP contribution in [0.2, 0.25) is 0 Å². The molecular formula is C14H19FN2O4. The molecule has 21 heavy (non-hydrogen) atoms. The van der Waals surface area contributed by atoms with Crippen molar-refractivity contribution >= 4 is 17.7 Å². The fourth-order valence-corrected chi connectivity index (χ4v) is 1.87. The number of nitrogens with one attached hydrogen (secondary N) is 2. The summed E-state index contributed by atoms with van der Waals surface area (Å²) in [6, 6.07) is 2.77. The van der Waals surface area contributed by atoms with E-state index in [9.17, 15) is 14.0 Å². The standard InChI is InChI=1S/C14H19FN2O4/c1-3-4-10(8-21-2)17-14(20)16-9-5-6-11(13(18)19)12(15)7-9/h5-7,10H,3-4,8H2,1-2H3,(H,18,19)(H2,16,17,20). The first-order chi connectivity index (χ1) is 9.97. The zero-order valence-corrected chi connectivity index (χ0v) is 12.0. The summed E-state index contributed by atoms with van der Waals surface area (Å²) in [4.78, 5) is 22.5. The van der Waals surface area contributed by atoms with Crippen molar-refractivity contribution < 1.29 is 23.8 Å². The van der Waals surface area contributed by atoms with Crippen molar-refractivity contribution in [3.05, 3.63) is 29.6 Å². The highest BCUT2D eigenvalue weighted by atomic mass is 19.1. The van der Waals surface area contributed by atoms with E-state index >= 15 is 0 Å². The van der Waals surface area contributed by atoms with Crippen LogP contribution in [0, 0.1) is 5.82 Å². The normalized spacial score (nSPS) is 11.8. The third-order valence-electron chi connectivity index (χ3n) is 2.80. The third-order valence-corrected chi connectivity index (χ3v) is 2.80. The minimum absolute atomic E-state index is 0.136. The van der Waals surface area contributed by atoms with E-state index in [0.29, 0.717) is 6.61 Å². The molecule has 0 heterocycles. The van der Waals surface area contributed by atoms with Crippen molar-refractivity contribution in [1.29, 1.82) is 0 Å². The van der Waals surface area contributed by atoms with Gasteiger partial charge in [-0.05, 0) is 24.6 Å². The number of benzene rings is 1. The molecule has 7 heteroatoms. The Hall–Kier alpha value is -2.15. The van der Waals surface area contributed by atoms with Gasteiger partial charge in [-0.3, -0.25) is 0 Å². The van der Waals surface area contributed by atoms with Crippen molar-refractivity contribution in [3.8, 4) is 0 Å². The Kier molecular flexibility index (Phi) is 6.61. The van der Waals surface area contributed by atoms with E-state index in [1.54, 1.807) is 7.11 Å². The van der Waals surface area contributed by atoms with Crippen molar-refractivity contribution in [1.82, 2.24) is 5.32 Å². The molecule has 6 nitrogen and oxygen atoms in total. The molecule has 2 amide bonds. The van der Waals surface area contributed by atoms with Crippen molar-refractivity contribution in [3.63, 3.8) is 0 Å². The highest BCUT2D eigenvalue weighted by Crippen LogP contribution is 2.14. The van der Waals surface area contributed by atoms with Crippen LogP contribution in [0.3, 0.4) is 0 Å². The van der Waals surface area contributed by atoms with Crippen LogP contribution in [-0.4, -0.2) is 36.9 Å². The Morgan fingerprint density at radius 2 is 2.14 bits per heavy atom. The smallest absolute Gasteiger partial charge is 0.338 e. The summed E-state index contributed by atoms with van der Waals surface area (Å²) in [5, 5.41) is 13.9. The number of halogens is 1. The Bertz CT molecular complexity index is 502. The highest BCUT2D eigenvalue weighted by molar-refractivity contribution is 5.91. The number of carboxylic acids is 1. The summed E-state index contributed by atoms with van der Waals surface area (Å²) in [6.07, 6.45) is 1.64. The van der Waals surface area contributed by atoms with Gasteiger partial charge in [-0.1, -0.05) is 13.3 Å². The van der Waals surface area contributed by atoms with Gasteiger partial charge in [0.15, 0.2) is 0 Å². The molecule has 0 saturated heterocycles. The Balaban J connectivity index is 2.65. The summed E-state index contributed by atoms with van der Waals surface area (Å²) in [5.41, 5.74) is -0.258. The zero-order chi connectivity index (χ0) is 15.8. The molecule has 0 spiro atoms. The molecule has 0 radical (unpaired) electrons. The second-order valence-electron chi connectivity index (χ2n) is 4.54. The van der Waals surface area contributed by atoms with E-state index < -0.39 is 23.4 Å². The predicted molar refractivity (Wildman–Crippen MR) is 76.1 cm³/mol. The molecule has 1 rings (SSSR count). The maximum absolute atomic E-state index is 13.5. The van der Waals surface area contributed by atoms with Gasteiger partial charge in [0, 0.05) is 12.8 Å². The van der Waals surface area contributed by atoms with Crippen LogP contribution in [0.25, 0.3) is 0 Å². The fourth-order valence-electron chi connectivity index (χ4n) is 1.87. The summed E-state index contributed by atoms with van der Waals surface area (Å²) < 4.78 is 18.5. The van der Waals surface area contributed by atoms with Gasteiger partial charge in [-0.25, -0.2) is 14.0 Å². The SMILES string of the molecule is CCCC(COC)NC(=O)Nc1ccc(C(=O)O)c(F)c1. The molecule has 0 bridgehead atoms.